The van der Waals surface area contributed by atoms with Crippen LogP contribution in [0.25, 0.3) is 0 Å². The summed E-state index contributed by atoms with van der Waals surface area (Å²) in [4.78, 5) is 14.0. The first kappa shape index (κ1) is 14.8. The van der Waals surface area contributed by atoms with Gasteiger partial charge in [0.1, 0.15) is 0 Å². The van der Waals surface area contributed by atoms with E-state index in [4.69, 9.17) is 4.74 Å². The minimum atomic E-state index is 0.394. The molecule has 2 aliphatic heterocycles. The lowest BCUT2D eigenvalue weighted by Gasteiger charge is -2.26. The van der Waals surface area contributed by atoms with E-state index < -0.39 is 0 Å². The fourth-order valence-electron chi connectivity index (χ4n) is 2.89. The zero-order chi connectivity index (χ0) is 13.3. The lowest BCUT2D eigenvalue weighted by atomic mass is 10.1. The quantitative estimate of drug-likeness (QED) is 0.473. The summed E-state index contributed by atoms with van der Waals surface area (Å²) in [6.45, 7) is 3.00. The van der Waals surface area contributed by atoms with Crippen molar-refractivity contribution in [1.29, 1.82) is 0 Å². The smallest absolute Gasteiger partial charge is 0.222 e. The zero-order valence-electron chi connectivity index (χ0n) is 12.2. The average molecular weight is 267 g/mol. The maximum atomic E-state index is 11.9. The third-order valence-corrected chi connectivity index (χ3v) is 4.28. The van der Waals surface area contributed by atoms with Crippen LogP contribution in [0, 0.1) is 0 Å². The number of carbonyl (C=O) groups is 1. The van der Waals surface area contributed by atoms with E-state index >= 15 is 0 Å². The summed E-state index contributed by atoms with van der Waals surface area (Å²) in [6, 6.07) is 0. The Hall–Kier alpha value is -0.570. The molecule has 0 aliphatic carbocycles. The second-order valence-electron chi connectivity index (χ2n) is 6.06. The number of amides is 1. The number of hydrogen-bond acceptors (Lipinski definition) is 2. The molecule has 2 saturated heterocycles. The van der Waals surface area contributed by atoms with E-state index in [1.807, 2.05) is 0 Å². The molecule has 1 amide bonds. The van der Waals surface area contributed by atoms with Crippen molar-refractivity contribution in [2.24, 2.45) is 0 Å². The standard InChI is InChI=1S/C16H29NO2/c18-16(17-12-8-5-9-13-17)11-7-4-2-1-3-6-10-15-14-19-15/h15H,1-14H2. The Morgan fingerprint density at radius 1 is 0.947 bits per heavy atom. The molecule has 0 aromatic rings. The molecule has 2 fully saturated rings. The van der Waals surface area contributed by atoms with E-state index in [0.717, 1.165) is 32.5 Å². The summed E-state index contributed by atoms with van der Waals surface area (Å²) in [6.07, 6.45) is 13.9. The van der Waals surface area contributed by atoms with Gasteiger partial charge >= 0.3 is 0 Å². The van der Waals surface area contributed by atoms with Crippen molar-refractivity contribution in [2.75, 3.05) is 19.7 Å². The predicted molar refractivity (Wildman–Crippen MR) is 77.1 cm³/mol. The van der Waals surface area contributed by atoms with E-state index in [1.165, 1.54) is 57.8 Å². The van der Waals surface area contributed by atoms with E-state index in [9.17, 15) is 4.79 Å². The number of epoxide rings is 1. The number of ether oxygens (including phenoxy) is 1. The molecule has 2 heterocycles. The first-order valence-corrected chi connectivity index (χ1v) is 8.25. The van der Waals surface area contributed by atoms with Gasteiger partial charge in [-0.2, -0.15) is 0 Å². The van der Waals surface area contributed by atoms with Gasteiger partial charge in [0.15, 0.2) is 0 Å². The number of likely N-dealkylation sites (tertiary alicyclic amines) is 1. The highest BCUT2D eigenvalue weighted by Crippen LogP contribution is 2.18. The molecule has 0 spiro atoms. The summed E-state index contributed by atoms with van der Waals surface area (Å²) in [5.74, 6) is 0.394. The van der Waals surface area contributed by atoms with Crippen LogP contribution in [0.15, 0.2) is 0 Å². The van der Waals surface area contributed by atoms with Crippen molar-refractivity contribution in [1.82, 2.24) is 4.90 Å². The van der Waals surface area contributed by atoms with Gasteiger partial charge < -0.3 is 9.64 Å². The van der Waals surface area contributed by atoms with Crippen molar-refractivity contribution >= 4 is 5.91 Å². The summed E-state index contributed by atoms with van der Waals surface area (Å²) >= 11 is 0. The largest absolute Gasteiger partial charge is 0.373 e. The van der Waals surface area contributed by atoms with Gasteiger partial charge in [-0.1, -0.05) is 32.1 Å². The molecular formula is C16H29NO2. The van der Waals surface area contributed by atoms with Gasteiger partial charge in [0.25, 0.3) is 0 Å². The molecule has 0 bridgehead atoms. The molecule has 0 saturated carbocycles. The van der Waals surface area contributed by atoms with E-state index in [-0.39, 0.29) is 0 Å². The molecule has 3 heteroatoms. The molecule has 110 valence electrons. The van der Waals surface area contributed by atoms with Crippen LogP contribution in [0.4, 0.5) is 0 Å². The summed E-state index contributed by atoms with van der Waals surface area (Å²) in [5.41, 5.74) is 0. The van der Waals surface area contributed by atoms with Gasteiger partial charge in [-0.15, -0.1) is 0 Å². The molecule has 0 N–H and O–H groups in total. The lowest BCUT2D eigenvalue weighted by molar-refractivity contribution is -0.132. The van der Waals surface area contributed by atoms with Gasteiger partial charge in [0.05, 0.1) is 12.7 Å². The zero-order valence-corrected chi connectivity index (χ0v) is 12.2. The van der Waals surface area contributed by atoms with Crippen molar-refractivity contribution in [3.05, 3.63) is 0 Å². The first-order valence-electron chi connectivity index (χ1n) is 8.25. The highest BCUT2D eigenvalue weighted by atomic mass is 16.6. The van der Waals surface area contributed by atoms with Crippen molar-refractivity contribution in [3.63, 3.8) is 0 Å². The summed E-state index contributed by atoms with van der Waals surface area (Å²) in [5, 5.41) is 0. The van der Waals surface area contributed by atoms with E-state index in [2.05, 4.69) is 4.90 Å². The summed E-state index contributed by atoms with van der Waals surface area (Å²) < 4.78 is 5.20. The van der Waals surface area contributed by atoms with Gasteiger partial charge in [-0.25, -0.2) is 0 Å². The third kappa shape index (κ3) is 6.42. The van der Waals surface area contributed by atoms with Crippen molar-refractivity contribution in [2.45, 2.75) is 76.7 Å². The minimum absolute atomic E-state index is 0.394. The number of nitrogens with zero attached hydrogens (tertiary/aromatic N) is 1. The Balaban J connectivity index is 1.37. The van der Waals surface area contributed by atoms with Gasteiger partial charge in [0.2, 0.25) is 5.91 Å². The van der Waals surface area contributed by atoms with Crippen LogP contribution in [0.1, 0.15) is 70.6 Å². The van der Waals surface area contributed by atoms with Gasteiger partial charge in [-0.3, -0.25) is 4.79 Å². The van der Waals surface area contributed by atoms with Crippen molar-refractivity contribution in [3.8, 4) is 0 Å². The molecular weight excluding hydrogens is 238 g/mol. The maximum absolute atomic E-state index is 11.9. The van der Waals surface area contributed by atoms with Crippen LogP contribution in [0.5, 0.6) is 0 Å². The molecule has 0 radical (unpaired) electrons. The SMILES string of the molecule is O=C(CCCCCCCCC1CO1)N1CCCCC1. The fourth-order valence-corrected chi connectivity index (χ4v) is 2.89. The normalized spacial score (nSPS) is 22.5. The molecule has 0 aromatic carbocycles. The molecule has 1 unspecified atom stereocenters. The maximum Gasteiger partial charge on any atom is 0.222 e. The number of rotatable bonds is 9. The molecule has 3 nitrogen and oxygen atoms in total. The van der Waals surface area contributed by atoms with Crippen LogP contribution in [-0.2, 0) is 9.53 Å². The van der Waals surface area contributed by atoms with Crippen LogP contribution in [-0.4, -0.2) is 36.6 Å². The van der Waals surface area contributed by atoms with E-state index in [0.29, 0.717) is 12.0 Å². The van der Waals surface area contributed by atoms with E-state index in [1.54, 1.807) is 0 Å². The van der Waals surface area contributed by atoms with Crippen LogP contribution < -0.4 is 0 Å². The Labute approximate surface area is 117 Å². The Morgan fingerprint density at radius 2 is 1.58 bits per heavy atom. The predicted octanol–water partition coefficient (Wildman–Crippen LogP) is 3.52. The second-order valence-corrected chi connectivity index (χ2v) is 6.06. The van der Waals surface area contributed by atoms with Crippen LogP contribution in [0.2, 0.25) is 0 Å². The van der Waals surface area contributed by atoms with Crippen LogP contribution in [0.3, 0.4) is 0 Å². The third-order valence-electron chi connectivity index (χ3n) is 4.28. The van der Waals surface area contributed by atoms with Crippen LogP contribution >= 0.6 is 0 Å². The minimum Gasteiger partial charge on any atom is -0.373 e. The fraction of sp³-hybridized carbons (Fsp3) is 0.938. The Kier molecular flexibility index (Phi) is 6.69. The highest BCUT2D eigenvalue weighted by Gasteiger charge is 2.20. The van der Waals surface area contributed by atoms with Crippen molar-refractivity contribution < 1.29 is 9.53 Å². The van der Waals surface area contributed by atoms with Gasteiger partial charge in [0, 0.05) is 19.5 Å². The molecule has 19 heavy (non-hydrogen) atoms. The molecule has 0 aromatic heterocycles. The lowest BCUT2D eigenvalue weighted by Crippen LogP contribution is -2.35. The number of unbranched alkanes of at least 4 members (excludes halogenated alkanes) is 5. The molecule has 2 rings (SSSR count). The molecule has 2 aliphatic rings. The number of hydrogen-bond donors (Lipinski definition) is 0. The first-order chi connectivity index (χ1) is 9.36. The topological polar surface area (TPSA) is 32.8 Å². The summed E-state index contributed by atoms with van der Waals surface area (Å²) in [7, 11) is 0. The number of piperidine rings is 1. The monoisotopic (exact) mass is 267 g/mol. The Bertz CT molecular complexity index is 257. The average Bonchev–Trinajstić information content (AvgIpc) is 3.26. The number of carbonyl (C=O) groups excluding carboxylic acids is 1. The Morgan fingerprint density at radius 3 is 2.26 bits per heavy atom. The van der Waals surface area contributed by atoms with Gasteiger partial charge in [-0.05, 0) is 32.1 Å². The molecule has 1 atom stereocenters. The highest BCUT2D eigenvalue weighted by molar-refractivity contribution is 5.76. The second kappa shape index (κ2) is 8.57.